The molecule has 0 amide bonds. The molecule has 6 rings (SSSR count). The number of carbonyl (C=O) groups is 1. The number of benzene rings is 3. The first-order chi connectivity index (χ1) is 18.7. The number of allylic oxidation sites excluding steroid dienone is 3. The number of anilines is 3. The first kappa shape index (κ1) is 23.4. The van der Waals surface area contributed by atoms with E-state index in [9.17, 15) is 10.1 Å². The number of nitriles is 1. The summed E-state index contributed by atoms with van der Waals surface area (Å²) in [6, 6.07) is 35.4. The van der Waals surface area contributed by atoms with Crippen LogP contribution in [-0.2, 0) is 0 Å². The van der Waals surface area contributed by atoms with Crippen molar-refractivity contribution in [3.8, 4) is 6.07 Å². The molecule has 2 aromatic heterocycles. The second-order valence-electron chi connectivity index (χ2n) is 8.59. The van der Waals surface area contributed by atoms with E-state index < -0.39 is 0 Å². The number of hydrogen-bond acceptors (Lipinski definition) is 4. The van der Waals surface area contributed by atoms with Crippen molar-refractivity contribution < 1.29 is 4.79 Å². The van der Waals surface area contributed by atoms with Gasteiger partial charge in [-0.25, -0.2) is 0 Å². The molecule has 3 aromatic carbocycles. The molecule has 5 nitrogen and oxygen atoms in total. The van der Waals surface area contributed by atoms with Crippen molar-refractivity contribution in [2.75, 3.05) is 4.90 Å². The van der Waals surface area contributed by atoms with E-state index in [1.165, 1.54) is 0 Å². The first-order valence-electron chi connectivity index (χ1n) is 11.9. The summed E-state index contributed by atoms with van der Waals surface area (Å²) in [7, 11) is 0. The van der Waals surface area contributed by atoms with Crippen molar-refractivity contribution >= 4 is 58.9 Å². The number of rotatable bonds is 4. The Morgan fingerprint density at radius 3 is 2.42 bits per heavy atom. The van der Waals surface area contributed by atoms with Gasteiger partial charge in [-0.1, -0.05) is 0 Å². The molecule has 0 N–H and O–H groups in total. The predicted octanol–water partition coefficient (Wildman–Crippen LogP) is 7.20. The first-order valence-corrected chi connectivity index (χ1v) is 13.6. The molecule has 0 saturated carbocycles. The Hall–Kier alpha value is -5.00. The molecule has 0 aliphatic heterocycles. The Morgan fingerprint density at radius 2 is 1.63 bits per heavy atom. The van der Waals surface area contributed by atoms with Crippen molar-refractivity contribution in [1.29, 1.82) is 5.26 Å². The third kappa shape index (κ3) is 4.05. The summed E-state index contributed by atoms with van der Waals surface area (Å²) in [5, 5.41) is 10.7. The molecule has 0 radical (unpaired) electrons. The minimum atomic E-state index is -0.159. The number of nitrogens with zero attached hydrogens (tertiary/aromatic N) is 4. The van der Waals surface area contributed by atoms with Crippen LogP contribution in [0.1, 0.15) is 20.4 Å². The molecule has 38 heavy (non-hydrogen) atoms. The number of aromatic nitrogens is 1. The Morgan fingerprint density at radius 1 is 0.895 bits per heavy atom. The molecular formula is C32H18N4OSe. The summed E-state index contributed by atoms with van der Waals surface area (Å²) in [4.78, 5) is 23.9. The summed E-state index contributed by atoms with van der Waals surface area (Å²) < 4.78 is 2.04. The number of para-hydroxylation sites is 2. The molecule has 0 spiro atoms. The Balaban J connectivity index is 1.47. The molecule has 0 atom stereocenters. The van der Waals surface area contributed by atoms with Crippen molar-refractivity contribution in [2.24, 2.45) is 0 Å². The number of ketones is 1. The van der Waals surface area contributed by atoms with Gasteiger partial charge in [-0.15, -0.1) is 0 Å². The van der Waals surface area contributed by atoms with Gasteiger partial charge in [-0.2, -0.15) is 0 Å². The van der Waals surface area contributed by atoms with E-state index in [1.807, 2.05) is 72.8 Å². The van der Waals surface area contributed by atoms with Gasteiger partial charge in [-0.3, -0.25) is 0 Å². The van der Waals surface area contributed by atoms with Crippen LogP contribution in [0.25, 0.3) is 27.4 Å². The fourth-order valence-corrected chi connectivity index (χ4v) is 6.70. The maximum atomic E-state index is 13.3. The van der Waals surface area contributed by atoms with Crippen LogP contribution < -0.4 is 4.90 Å². The van der Waals surface area contributed by atoms with E-state index in [2.05, 4.69) is 34.0 Å². The molecule has 1 aliphatic rings. The molecule has 178 valence electrons. The molecule has 2 heterocycles. The van der Waals surface area contributed by atoms with E-state index in [0.717, 1.165) is 31.4 Å². The SMILES string of the molecule is [C-]#[N+]/C(C#N)=C1\C(=C/c2ccc(N(c3ccccc3)c3ccc4ccccc4n3)[se]2)C(=O)c2ccccc21. The van der Waals surface area contributed by atoms with Gasteiger partial charge in [0.2, 0.25) is 0 Å². The van der Waals surface area contributed by atoms with Crippen molar-refractivity contribution in [3.05, 3.63) is 141 Å². The van der Waals surface area contributed by atoms with E-state index >= 15 is 0 Å². The summed E-state index contributed by atoms with van der Waals surface area (Å²) in [6.45, 7) is 7.51. The van der Waals surface area contributed by atoms with Crippen LogP contribution in [0, 0.1) is 17.9 Å². The van der Waals surface area contributed by atoms with E-state index in [-0.39, 0.29) is 26.0 Å². The Labute approximate surface area is 225 Å². The summed E-state index contributed by atoms with van der Waals surface area (Å²) in [5.41, 5.74) is 3.83. The number of carbonyl (C=O) groups excluding carboxylic acids is 1. The van der Waals surface area contributed by atoms with Crippen LogP contribution in [0.5, 0.6) is 0 Å². The van der Waals surface area contributed by atoms with Gasteiger partial charge in [0.1, 0.15) is 0 Å². The van der Waals surface area contributed by atoms with Crippen molar-refractivity contribution in [3.63, 3.8) is 0 Å². The Kier molecular flexibility index (Phi) is 6.04. The van der Waals surface area contributed by atoms with Crippen molar-refractivity contribution in [2.45, 2.75) is 0 Å². The van der Waals surface area contributed by atoms with Gasteiger partial charge in [-0.05, 0) is 0 Å². The monoisotopic (exact) mass is 554 g/mol. The van der Waals surface area contributed by atoms with Gasteiger partial charge in [0.05, 0.1) is 0 Å². The quantitative estimate of drug-likeness (QED) is 0.102. The zero-order chi connectivity index (χ0) is 26.1. The zero-order valence-electron chi connectivity index (χ0n) is 20.0. The predicted molar refractivity (Wildman–Crippen MR) is 151 cm³/mol. The average molecular weight is 553 g/mol. The number of pyridine rings is 1. The van der Waals surface area contributed by atoms with E-state index in [4.69, 9.17) is 11.6 Å². The second-order valence-corrected chi connectivity index (χ2v) is 10.9. The maximum absolute atomic E-state index is 13.3. The van der Waals surface area contributed by atoms with Gasteiger partial charge in [0, 0.05) is 0 Å². The zero-order valence-corrected chi connectivity index (χ0v) is 21.7. The van der Waals surface area contributed by atoms with Crippen LogP contribution in [0.2, 0.25) is 0 Å². The Bertz CT molecular complexity index is 1850. The van der Waals surface area contributed by atoms with Gasteiger partial charge in [0.25, 0.3) is 0 Å². The molecule has 0 fully saturated rings. The second kappa shape index (κ2) is 9.81. The van der Waals surface area contributed by atoms with Crippen LogP contribution in [-0.4, -0.2) is 25.3 Å². The van der Waals surface area contributed by atoms with Crippen LogP contribution >= 0.6 is 0 Å². The molecule has 1 aliphatic carbocycles. The number of Topliss-reactive ketones (excluding diaryl/α,β-unsaturated/α-hetero) is 1. The molecule has 0 bridgehead atoms. The summed E-state index contributed by atoms with van der Waals surface area (Å²) >= 11 is -0.152. The van der Waals surface area contributed by atoms with Crippen LogP contribution in [0.4, 0.5) is 16.1 Å². The molecule has 5 aromatic rings. The molecular weight excluding hydrogens is 535 g/mol. The van der Waals surface area contributed by atoms with E-state index in [1.54, 1.807) is 18.2 Å². The summed E-state index contributed by atoms with van der Waals surface area (Å²) in [5.74, 6) is 0.656. The van der Waals surface area contributed by atoms with Gasteiger partial charge < -0.3 is 0 Å². The molecule has 6 heteroatoms. The normalized spacial score (nSPS) is 14.7. The number of hydrogen-bond donors (Lipinski definition) is 0. The van der Waals surface area contributed by atoms with Gasteiger partial charge >= 0.3 is 226 Å². The number of fused-ring (bicyclic) bond motifs is 2. The van der Waals surface area contributed by atoms with Crippen LogP contribution in [0.3, 0.4) is 0 Å². The molecule has 0 saturated heterocycles. The third-order valence-electron chi connectivity index (χ3n) is 6.36. The third-order valence-corrected chi connectivity index (χ3v) is 8.49. The van der Waals surface area contributed by atoms with Crippen molar-refractivity contribution in [1.82, 2.24) is 4.98 Å². The minimum absolute atomic E-state index is 0.0693. The van der Waals surface area contributed by atoms with Gasteiger partial charge in [0.15, 0.2) is 0 Å². The average Bonchev–Trinajstić information content (AvgIpc) is 3.53. The standard InChI is InChI=1S/C32H18N4OSe/c1-34-28(20-33)31-24-12-6-7-13-25(24)32(37)26(31)19-23-16-18-30(38-23)36(22-10-3-2-4-11-22)29-17-15-21-9-5-8-14-27(21)35-29/h2-19H/b26-19+,31-28-. The van der Waals surface area contributed by atoms with Crippen LogP contribution in [0.15, 0.2) is 114 Å². The fraction of sp³-hybridized carbons (Fsp3) is 0. The topological polar surface area (TPSA) is 61.4 Å². The fourth-order valence-electron chi connectivity index (χ4n) is 4.64. The summed E-state index contributed by atoms with van der Waals surface area (Å²) in [6.07, 6.45) is 1.85. The van der Waals surface area contributed by atoms with E-state index in [0.29, 0.717) is 22.3 Å². The molecule has 0 unspecified atom stereocenters.